The SMILES string of the molecule is COc1ccc(NC(=O)C2(c3ccc4c(c3)OCO4)CCCCC2)cc1-n1nnnc1C. The van der Waals surface area contributed by atoms with Crippen LogP contribution in [-0.4, -0.2) is 40.0 Å². The van der Waals surface area contributed by atoms with Crippen LogP contribution in [0.15, 0.2) is 36.4 Å². The Kier molecular flexibility index (Phi) is 5.16. The fraction of sp³-hybridized carbons (Fsp3) is 0.391. The Hall–Kier alpha value is -3.62. The third kappa shape index (κ3) is 3.43. The summed E-state index contributed by atoms with van der Waals surface area (Å²) in [5, 5.41) is 14.8. The molecule has 0 bridgehead atoms. The maximum Gasteiger partial charge on any atom is 0.235 e. The van der Waals surface area contributed by atoms with Gasteiger partial charge in [0.15, 0.2) is 17.3 Å². The standard InChI is InChI=1S/C23H25N5O4/c1-15-25-26-27-28(15)18-13-17(7-9-19(18)30-2)24-22(29)23(10-4-3-5-11-23)16-6-8-20-21(12-16)32-14-31-20/h6-9,12-13H,3-5,10-11,14H2,1-2H3,(H,24,29). The maximum atomic E-state index is 13.7. The highest BCUT2D eigenvalue weighted by molar-refractivity contribution is 5.99. The highest BCUT2D eigenvalue weighted by atomic mass is 16.7. The van der Waals surface area contributed by atoms with Crippen molar-refractivity contribution >= 4 is 11.6 Å². The number of hydrogen-bond acceptors (Lipinski definition) is 7. The van der Waals surface area contributed by atoms with Crippen molar-refractivity contribution in [1.82, 2.24) is 20.2 Å². The van der Waals surface area contributed by atoms with Crippen molar-refractivity contribution in [2.45, 2.75) is 44.4 Å². The van der Waals surface area contributed by atoms with E-state index in [0.29, 0.717) is 28.7 Å². The van der Waals surface area contributed by atoms with Crippen LogP contribution >= 0.6 is 0 Å². The van der Waals surface area contributed by atoms with Gasteiger partial charge in [-0.3, -0.25) is 4.79 Å². The van der Waals surface area contributed by atoms with Crippen LogP contribution < -0.4 is 19.5 Å². The zero-order valence-electron chi connectivity index (χ0n) is 18.1. The molecule has 5 rings (SSSR count). The third-order valence-electron chi connectivity index (χ3n) is 6.36. The summed E-state index contributed by atoms with van der Waals surface area (Å²) in [4.78, 5) is 13.7. The van der Waals surface area contributed by atoms with E-state index in [0.717, 1.165) is 43.4 Å². The lowest BCUT2D eigenvalue weighted by Gasteiger charge is -2.36. The number of benzene rings is 2. The minimum atomic E-state index is -0.621. The highest BCUT2D eigenvalue weighted by Gasteiger charge is 2.42. The number of fused-ring (bicyclic) bond motifs is 1. The molecule has 0 spiro atoms. The van der Waals surface area contributed by atoms with Crippen LogP contribution in [0.3, 0.4) is 0 Å². The average Bonchev–Trinajstić information content (AvgIpc) is 3.47. The van der Waals surface area contributed by atoms with Gasteiger partial charge >= 0.3 is 0 Å². The first-order valence-electron chi connectivity index (χ1n) is 10.8. The van der Waals surface area contributed by atoms with E-state index in [2.05, 4.69) is 20.8 Å². The van der Waals surface area contributed by atoms with Crippen molar-refractivity contribution in [2.75, 3.05) is 19.2 Å². The molecule has 1 fully saturated rings. The summed E-state index contributed by atoms with van der Waals surface area (Å²) in [6.45, 7) is 2.02. The molecule has 0 atom stereocenters. The number of nitrogens with zero attached hydrogens (tertiary/aromatic N) is 4. The van der Waals surface area contributed by atoms with Crippen molar-refractivity contribution in [3.8, 4) is 22.9 Å². The summed E-state index contributed by atoms with van der Waals surface area (Å²) in [6, 6.07) is 11.3. The number of methoxy groups -OCH3 is 1. The maximum absolute atomic E-state index is 13.7. The summed E-state index contributed by atoms with van der Waals surface area (Å²) in [6.07, 6.45) is 4.70. The molecule has 32 heavy (non-hydrogen) atoms. The number of anilines is 1. The number of hydrogen-bond donors (Lipinski definition) is 1. The molecule has 9 nitrogen and oxygen atoms in total. The predicted octanol–water partition coefficient (Wildman–Crippen LogP) is 3.55. The Labute approximate surface area is 185 Å². The van der Waals surface area contributed by atoms with Gasteiger partial charge in [0, 0.05) is 5.69 Å². The first-order chi connectivity index (χ1) is 15.6. The lowest BCUT2D eigenvalue weighted by Crippen LogP contribution is -2.42. The predicted molar refractivity (Wildman–Crippen MR) is 116 cm³/mol. The summed E-state index contributed by atoms with van der Waals surface area (Å²) < 4.78 is 18.1. The quantitative estimate of drug-likeness (QED) is 0.654. The van der Waals surface area contributed by atoms with Gasteiger partial charge in [-0.2, -0.15) is 4.68 Å². The van der Waals surface area contributed by atoms with Crippen LogP contribution in [0.4, 0.5) is 5.69 Å². The van der Waals surface area contributed by atoms with Crippen LogP contribution in [0.2, 0.25) is 0 Å². The molecule has 1 aliphatic heterocycles. The van der Waals surface area contributed by atoms with E-state index in [1.165, 1.54) is 0 Å². The molecule has 0 radical (unpaired) electrons. The zero-order valence-corrected chi connectivity index (χ0v) is 18.1. The van der Waals surface area contributed by atoms with E-state index in [4.69, 9.17) is 14.2 Å². The van der Waals surface area contributed by atoms with Crippen LogP contribution in [0, 0.1) is 6.92 Å². The van der Waals surface area contributed by atoms with E-state index in [-0.39, 0.29) is 12.7 Å². The second-order valence-corrected chi connectivity index (χ2v) is 8.19. The van der Waals surface area contributed by atoms with Crippen LogP contribution in [0.25, 0.3) is 5.69 Å². The average molecular weight is 435 g/mol. The van der Waals surface area contributed by atoms with Crippen molar-refractivity contribution in [1.29, 1.82) is 0 Å². The molecule has 0 unspecified atom stereocenters. The Morgan fingerprint density at radius 1 is 1.09 bits per heavy atom. The van der Waals surface area contributed by atoms with Gasteiger partial charge in [0.25, 0.3) is 0 Å². The van der Waals surface area contributed by atoms with Gasteiger partial charge in [0.05, 0.1) is 12.5 Å². The van der Waals surface area contributed by atoms with E-state index < -0.39 is 5.41 Å². The van der Waals surface area contributed by atoms with Crippen molar-refractivity contribution in [3.63, 3.8) is 0 Å². The molecular formula is C23H25N5O4. The minimum absolute atomic E-state index is 0.0272. The van der Waals surface area contributed by atoms with Gasteiger partial charge < -0.3 is 19.5 Å². The van der Waals surface area contributed by atoms with Crippen LogP contribution in [0.5, 0.6) is 17.2 Å². The Morgan fingerprint density at radius 3 is 2.66 bits per heavy atom. The van der Waals surface area contributed by atoms with Crippen LogP contribution in [0.1, 0.15) is 43.5 Å². The van der Waals surface area contributed by atoms with Crippen LogP contribution in [-0.2, 0) is 10.2 Å². The van der Waals surface area contributed by atoms with Gasteiger partial charge in [-0.1, -0.05) is 25.3 Å². The first kappa shape index (κ1) is 20.3. The fourth-order valence-corrected chi connectivity index (χ4v) is 4.63. The Morgan fingerprint density at radius 2 is 1.91 bits per heavy atom. The fourth-order valence-electron chi connectivity index (χ4n) is 4.63. The van der Waals surface area contributed by atoms with Crippen molar-refractivity contribution < 1.29 is 19.0 Å². The molecule has 1 amide bonds. The van der Waals surface area contributed by atoms with Gasteiger partial charge in [-0.25, -0.2) is 0 Å². The van der Waals surface area contributed by atoms with Gasteiger partial charge in [-0.05, 0) is 66.1 Å². The molecule has 0 saturated heterocycles. The number of nitrogens with one attached hydrogen (secondary N) is 1. The number of tetrazole rings is 1. The molecule has 1 N–H and O–H groups in total. The van der Waals surface area contributed by atoms with Crippen molar-refractivity contribution in [2.24, 2.45) is 0 Å². The Balaban J connectivity index is 1.49. The smallest absolute Gasteiger partial charge is 0.235 e. The summed E-state index contributed by atoms with van der Waals surface area (Å²) in [5.41, 5.74) is 1.66. The number of carbonyl (C=O) groups is 1. The minimum Gasteiger partial charge on any atom is -0.494 e. The number of aromatic nitrogens is 4. The van der Waals surface area contributed by atoms with E-state index in [1.807, 2.05) is 30.3 Å². The van der Waals surface area contributed by atoms with E-state index >= 15 is 0 Å². The molecule has 3 aromatic rings. The lowest BCUT2D eigenvalue weighted by molar-refractivity contribution is -0.122. The Bertz CT molecular complexity index is 1150. The zero-order chi connectivity index (χ0) is 22.1. The molecule has 2 aliphatic rings. The summed E-state index contributed by atoms with van der Waals surface area (Å²) in [7, 11) is 1.59. The summed E-state index contributed by atoms with van der Waals surface area (Å²) >= 11 is 0. The molecule has 1 aromatic heterocycles. The molecular weight excluding hydrogens is 410 g/mol. The number of carbonyl (C=O) groups excluding carboxylic acids is 1. The molecule has 9 heteroatoms. The van der Waals surface area contributed by atoms with Gasteiger partial charge in [0.1, 0.15) is 11.4 Å². The highest BCUT2D eigenvalue weighted by Crippen LogP contribution is 2.44. The molecule has 2 heterocycles. The molecule has 166 valence electrons. The molecule has 1 aliphatic carbocycles. The van der Waals surface area contributed by atoms with Gasteiger partial charge in [-0.15, -0.1) is 5.10 Å². The van der Waals surface area contributed by atoms with E-state index in [9.17, 15) is 4.79 Å². The number of amides is 1. The second kappa shape index (κ2) is 8.14. The number of rotatable bonds is 5. The number of ether oxygens (including phenoxy) is 3. The van der Waals surface area contributed by atoms with Crippen molar-refractivity contribution in [3.05, 3.63) is 47.8 Å². The second-order valence-electron chi connectivity index (χ2n) is 8.19. The summed E-state index contributed by atoms with van der Waals surface area (Å²) in [5.74, 6) is 2.62. The molecule has 1 saturated carbocycles. The topological polar surface area (TPSA) is 100 Å². The van der Waals surface area contributed by atoms with Gasteiger partial charge in [0.2, 0.25) is 12.7 Å². The normalized spacial score (nSPS) is 16.6. The largest absolute Gasteiger partial charge is 0.494 e. The first-order valence-corrected chi connectivity index (χ1v) is 10.8. The lowest BCUT2D eigenvalue weighted by atomic mass is 9.68. The number of aryl methyl sites for hydroxylation is 1. The monoisotopic (exact) mass is 435 g/mol. The third-order valence-corrected chi connectivity index (χ3v) is 6.36. The molecule has 2 aromatic carbocycles. The van der Waals surface area contributed by atoms with E-state index in [1.54, 1.807) is 24.8 Å².